The molecule has 28 heavy (non-hydrogen) atoms. The minimum atomic E-state index is -0.323. The highest BCUT2D eigenvalue weighted by molar-refractivity contribution is 5.99. The fourth-order valence-electron chi connectivity index (χ4n) is 2.69. The predicted octanol–water partition coefficient (Wildman–Crippen LogP) is 4.05. The lowest BCUT2D eigenvalue weighted by Gasteiger charge is -2.14. The summed E-state index contributed by atoms with van der Waals surface area (Å²) in [6.07, 6.45) is 0. The van der Waals surface area contributed by atoms with Crippen LogP contribution in [0.25, 0.3) is 0 Å². The Kier molecular flexibility index (Phi) is 7.44. The highest BCUT2D eigenvalue weighted by Crippen LogP contribution is 2.28. The first-order valence-corrected chi connectivity index (χ1v) is 9.14. The van der Waals surface area contributed by atoms with Crippen LogP contribution in [0.5, 0.6) is 17.2 Å². The molecule has 0 bridgehead atoms. The van der Waals surface area contributed by atoms with Crippen molar-refractivity contribution in [2.24, 2.45) is 5.10 Å². The van der Waals surface area contributed by atoms with Crippen molar-refractivity contribution in [2.45, 2.75) is 33.6 Å². The number of amides is 1. The average Bonchev–Trinajstić information content (AvgIpc) is 2.69. The van der Waals surface area contributed by atoms with Gasteiger partial charge in [-0.2, -0.15) is 5.10 Å². The maximum atomic E-state index is 12.2. The van der Waals surface area contributed by atoms with E-state index in [1.165, 1.54) is 0 Å². The molecule has 0 aliphatic heterocycles. The van der Waals surface area contributed by atoms with Crippen LogP contribution in [0.4, 0.5) is 0 Å². The maximum absolute atomic E-state index is 12.2. The van der Waals surface area contributed by atoms with Gasteiger partial charge in [-0.25, -0.2) is 5.43 Å². The lowest BCUT2D eigenvalue weighted by atomic mass is 10.0. The second kappa shape index (κ2) is 9.78. The Balaban J connectivity index is 2.01. The molecule has 0 unspecified atom stereocenters. The second-order valence-corrected chi connectivity index (χ2v) is 6.79. The normalized spacial score (nSPS) is 11.3. The second-order valence-electron chi connectivity index (χ2n) is 6.79. The van der Waals surface area contributed by atoms with E-state index in [1.54, 1.807) is 27.2 Å². The Bertz CT molecular complexity index is 860. The quantitative estimate of drug-likeness (QED) is 0.551. The van der Waals surface area contributed by atoms with Gasteiger partial charge in [-0.1, -0.05) is 26.0 Å². The Morgan fingerprint density at radius 3 is 2.39 bits per heavy atom. The minimum Gasteiger partial charge on any atom is -0.493 e. The first-order valence-electron chi connectivity index (χ1n) is 9.14. The van der Waals surface area contributed by atoms with Crippen LogP contribution in [0.3, 0.4) is 0 Å². The van der Waals surface area contributed by atoms with Crippen molar-refractivity contribution in [1.29, 1.82) is 0 Å². The zero-order valence-corrected chi connectivity index (χ0v) is 17.3. The average molecular weight is 384 g/mol. The van der Waals surface area contributed by atoms with Gasteiger partial charge >= 0.3 is 0 Å². The van der Waals surface area contributed by atoms with Crippen LogP contribution in [0.15, 0.2) is 41.5 Å². The molecule has 150 valence electrons. The Labute approximate surface area is 166 Å². The van der Waals surface area contributed by atoms with Crippen LogP contribution in [-0.4, -0.2) is 32.4 Å². The highest BCUT2D eigenvalue weighted by Gasteiger charge is 2.11. The molecule has 0 aliphatic carbocycles. The number of hydrogen-bond acceptors (Lipinski definition) is 5. The molecule has 0 saturated carbocycles. The standard InChI is InChI=1S/C22H28N2O4/c1-14(2)18-9-7-15(3)11-20(18)28-13-22(25)24-23-16(4)17-8-10-19(26-5)21(12-17)27-6/h7-12,14H,13H2,1-6H3,(H,24,25)/b23-16+. The van der Waals surface area contributed by atoms with Crippen molar-refractivity contribution in [3.63, 3.8) is 0 Å². The van der Waals surface area contributed by atoms with Crippen LogP contribution in [0.1, 0.15) is 43.4 Å². The van der Waals surface area contributed by atoms with E-state index in [0.717, 1.165) is 22.4 Å². The molecular formula is C22H28N2O4. The smallest absolute Gasteiger partial charge is 0.277 e. The molecular weight excluding hydrogens is 356 g/mol. The number of rotatable bonds is 8. The molecule has 0 spiro atoms. The summed E-state index contributed by atoms with van der Waals surface area (Å²) >= 11 is 0. The third-order valence-corrected chi connectivity index (χ3v) is 4.30. The van der Waals surface area contributed by atoms with Gasteiger partial charge in [0.05, 0.1) is 19.9 Å². The van der Waals surface area contributed by atoms with Crippen molar-refractivity contribution in [1.82, 2.24) is 5.43 Å². The number of aryl methyl sites for hydroxylation is 1. The lowest BCUT2D eigenvalue weighted by Crippen LogP contribution is -2.26. The Hall–Kier alpha value is -3.02. The SMILES string of the molecule is COc1ccc(/C(C)=N/NC(=O)COc2cc(C)ccc2C(C)C)cc1OC. The van der Waals surface area contributed by atoms with Gasteiger partial charge in [-0.05, 0) is 55.2 Å². The van der Waals surface area contributed by atoms with Gasteiger partial charge in [0.2, 0.25) is 0 Å². The molecule has 6 heteroatoms. The van der Waals surface area contributed by atoms with Crippen LogP contribution in [0.2, 0.25) is 0 Å². The van der Waals surface area contributed by atoms with Gasteiger partial charge in [-0.3, -0.25) is 4.79 Å². The number of carbonyl (C=O) groups is 1. The molecule has 0 fully saturated rings. The van der Waals surface area contributed by atoms with Crippen molar-refractivity contribution < 1.29 is 19.0 Å². The first kappa shape index (κ1) is 21.3. The molecule has 1 amide bonds. The third kappa shape index (κ3) is 5.49. The summed E-state index contributed by atoms with van der Waals surface area (Å²) < 4.78 is 16.2. The zero-order chi connectivity index (χ0) is 20.7. The molecule has 2 aromatic carbocycles. The van der Waals surface area contributed by atoms with E-state index in [1.807, 2.05) is 37.3 Å². The number of carbonyl (C=O) groups excluding carboxylic acids is 1. The van der Waals surface area contributed by atoms with Gasteiger partial charge in [0.25, 0.3) is 5.91 Å². The summed E-state index contributed by atoms with van der Waals surface area (Å²) in [7, 11) is 3.15. The number of benzene rings is 2. The number of hydrazone groups is 1. The van der Waals surface area contributed by atoms with Crippen LogP contribution in [0, 0.1) is 6.92 Å². The summed E-state index contributed by atoms with van der Waals surface area (Å²) in [5.41, 5.74) is 6.16. The number of methoxy groups -OCH3 is 2. The molecule has 0 aliphatic rings. The number of ether oxygens (including phenoxy) is 3. The van der Waals surface area contributed by atoms with E-state index >= 15 is 0 Å². The van der Waals surface area contributed by atoms with Gasteiger partial charge in [0.15, 0.2) is 18.1 Å². The van der Waals surface area contributed by atoms with Crippen molar-refractivity contribution in [2.75, 3.05) is 20.8 Å². The molecule has 0 radical (unpaired) electrons. The molecule has 2 rings (SSSR count). The Morgan fingerprint density at radius 1 is 1.04 bits per heavy atom. The summed E-state index contributed by atoms with van der Waals surface area (Å²) in [5, 5.41) is 4.15. The molecule has 2 aromatic rings. The maximum Gasteiger partial charge on any atom is 0.277 e. The fraction of sp³-hybridized carbons (Fsp3) is 0.364. The topological polar surface area (TPSA) is 69.2 Å². The van der Waals surface area contributed by atoms with Crippen LogP contribution >= 0.6 is 0 Å². The largest absolute Gasteiger partial charge is 0.493 e. The predicted molar refractivity (Wildman–Crippen MR) is 111 cm³/mol. The Morgan fingerprint density at radius 2 is 1.75 bits per heavy atom. The van der Waals surface area contributed by atoms with Gasteiger partial charge in [-0.15, -0.1) is 0 Å². The number of nitrogens with one attached hydrogen (secondary N) is 1. The number of nitrogens with zero attached hydrogens (tertiary/aromatic N) is 1. The van der Waals surface area contributed by atoms with Crippen molar-refractivity contribution >= 4 is 11.6 Å². The molecule has 6 nitrogen and oxygen atoms in total. The molecule has 0 saturated heterocycles. The van der Waals surface area contributed by atoms with Gasteiger partial charge in [0.1, 0.15) is 5.75 Å². The minimum absolute atomic E-state index is 0.105. The van der Waals surface area contributed by atoms with E-state index in [0.29, 0.717) is 23.1 Å². The van der Waals surface area contributed by atoms with E-state index in [-0.39, 0.29) is 12.5 Å². The lowest BCUT2D eigenvalue weighted by molar-refractivity contribution is -0.123. The summed E-state index contributed by atoms with van der Waals surface area (Å²) in [5.74, 6) is 1.95. The van der Waals surface area contributed by atoms with E-state index in [4.69, 9.17) is 14.2 Å². The zero-order valence-electron chi connectivity index (χ0n) is 17.3. The van der Waals surface area contributed by atoms with Gasteiger partial charge in [0, 0.05) is 5.56 Å². The van der Waals surface area contributed by atoms with Crippen molar-refractivity contribution in [3.8, 4) is 17.2 Å². The highest BCUT2D eigenvalue weighted by atomic mass is 16.5. The van der Waals surface area contributed by atoms with E-state index < -0.39 is 0 Å². The van der Waals surface area contributed by atoms with Crippen molar-refractivity contribution in [3.05, 3.63) is 53.1 Å². The molecule has 1 N–H and O–H groups in total. The van der Waals surface area contributed by atoms with E-state index in [2.05, 4.69) is 24.4 Å². The fourth-order valence-corrected chi connectivity index (χ4v) is 2.69. The summed E-state index contributed by atoms with van der Waals surface area (Å²) in [6.45, 7) is 7.88. The third-order valence-electron chi connectivity index (χ3n) is 4.30. The summed E-state index contributed by atoms with van der Waals surface area (Å²) in [6, 6.07) is 11.5. The first-order chi connectivity index (χ1) is 13.3. The molecule has 0 aromatic heterocycles. The monoisotopic (exact) mass is 384 g/mol. The molecule has 0 heterocycles. The van der Waals surface area contributed by atoms with E-state index in [9.17, 15) is 4.79 Å². The van der Waals surface area contributed by atoms with Crippen LogP contribution in [-0.2, 0) is 4.79 Å². The molecule has 0 atom stereocenters. The number of hydrogen-bond donors (Lipinski definition) is 1. The summed E-state index contributed by atoms with van der Waals surface area (Å²) in [4.78, 5) is 12.2. The van der Waals surface area contributed by atoms with Crippen LogP contribution < -0.4 is 19.6 Å². The van der Waals surface area contributed by atoms with Gasteiger partial charge < -0.3 is 14.2 Å².